The van der Waals surface area contributed by atoms with Gasteiger partial charge in [0.05, 0.1) is 26.5 Å². The molecule has 0 aromatic heterocycles. The first-order valence-corrected chi connectivity index (χ1v) is 10.5. The molecule has 1 heterocycles. The Morgan fingerprint density at radius 3 is 2.53 bits per heavy atom. The van der Waals surface area contributed by atoms with E-state index < -0.39 is 5.97 Å². The number of nitrogens with two attached hydrogens (primary N) is 1. The molecule has 2 aliphatic rings. The summed E-state index contributed by atoms with van der Waals surface area (Å²) in [4.78, 5) is 12.6. The third-order valence-corrected chi connectivity index (χ3v) is 6.26. The van der Waals surface area contributed by atoms with Gasteiger partial charge in [0.1, 0.15) is 0 Å². The fourth-order valence-electron chi connectivity index (χ4n) is 3.35. The van der Waals surface area contributed by atoms with E-state index in [0.29, 0.717) is 36.9 Å². The Labute approximate surface area is 195 Å². The lowest BCUT2D eigenvalue weighted by molar-refractivity contribution is 0.0527. The van der Waals surface area contributed by atoms with E-state index in [9.17, 15) is 4.79 Å². The van der Waals surface area contributed by atoms with Crippen LogP contribution in [-0.4, -0.2) is 12.6 Å². The molecule has 5 nitrogen and oxygen atoms in total. The number of nitrogen functional groups attached to an aromatic ring is 1. The van der Waals surface area contributed by atoms with Crippen molar-refractivity contribution in [1.29, 1.82) is 5.41 Å². The number of fused-ring (bicyclic) bond motifs is 2. The molecule has 1 aliphatic carbocycles. The van der Waals surface area contributed by atoms with Gasteiger partial charge >= 0.3 is 5.97 Å². The molecule has 0 unspecified atom stereocenters. The van der Waals surface area contributed by atoms with Crippen LogP contribution in [0, 0.1) is 5.41 Å². The molecule has 30 heavy (non-hydrogen) atoms. The summed E-state index contributed by atoms with van der Waals surface area (Å²) in [6.45, 7) is 2.06. The van der Waals surface area contributed by atoms with Gasteiger partial charge in [0, 0.05) is 22.2 Å². The molecule has 2 aromatic carbocycles. The minimum atomic E-state index is -0.393. The molecule has 2 aromatic rings. The summed E-state index contributed by atoms with van der Waals surface area (Å²) < 4.78 is 12.6. The summed E-state index contributed by atoms with van der Waals surface area (Å²) in [5.41, 5.74) is 9.91. The Morgan fingerprint density at radius 2 is 1.80 bits per heavy atom. The van der Waals surface area contributed by atoms with Gasteiger partial charge in [-0.3, -0.25) is 5.41 Å². The van der Waals surface area contributed by atoms with Crippen molar-refractivity contribution in [3.05, 3.63) is 68.4 Å². The van der Waals surface area contributed by atoms with E-state index in [4.69, 9.17) is 20.3 Å². The Hall–Kier alpha value is -2.35. The molecule has 1 aliphatic heterocycles. The van der Waals surface area contributed by atoms with Gasteiger partial charge in [-0.1, -0.05) is 18.2 Å². The van der Waals surface area contributed by atoms with E-state index in [1.165, 1.54) is 0 Å². The van der Waals surface area contributed by atoms with Crippen LogP contribution in [-0.2, 0) is 4.74 Å². The van der Waals surface area contributed by atoms with E-state index in [2.05, 4.69) is 31.9 Å². The number of halogens is 3. The summed E-state index contributed by atoms with van der Waals surface area (Å²) in [6, 6.07) is 14.5. The second-order valence-electron chi connectivity index (χ2n) is 6.39. The number of esters is 1. The Kier molecular flexibility index (Phi) is 6.55. The number of anilines is 1. The molecule has 0 radical (unpaired) electrons. The van der Waals surface area contributed by atoms with Crippen molar-refractivity contribution in [2.45, 2.75) is 6.92 Å². The average molecular weight is 553 g/mol. The lowest BCUT2D eigenvalue weighted by Crippen LogP contribution is -2.08. The normalized spacial score (nSPS) is 10.8. The van der Waals surface area contributed by atoms with Crippen molar-refractivity contribution in [1.82, 2.24) is 0 Å². The Bertz CT molecular complexity index is 1300. The summed E-state index contributed by atoms with van der Waals surface area (Å²) in [6.07, 6.45) is 0. The summed E-state index contributed by atoms with van der Waals surface area (Å²) >= 11 is 6.99. The predicted octanol–water partition coefficient (Wildman–Crippen LogP) is 6.39. The van der Waals surface area contributed by atoms with Gasteiger partial charge in [-0.25, -0.2) is 4.79 Å². The highest BCUT2D eigenvalue weighted by atomic mass is 79.9. The maximum atomic E-state index is 12.6. The SMILES string of the molecule is CCOC(=O)c1ccccc1-c1c2ccc(=N)c(Br)c-2oc2c(Br)c(N)ccc12.Cl. The molecule has 4 rings (SSSR count). The third-order valence-electron chi connectivity index (χ3n) is 4.66. The first-order valence-electron chi connectivity index (χ1n) is 8.88. The topological polar surface area (TPSA) is 89.3 Å². The lowest BCUT2D eigenvalue weighted by Gasteiger charge is -2.19. The molecule has 3 N–H and O–H groups in total. The zero-order valence-corrected chi connectivity index (χ0v) is 19.8. The molecule has 0 amide bonds. The number of benzene rings is 3. The number of rotatable bonds is 3. The number of carbonyl (C=O) groups excluding carboxylic acids is 1. The first-order chi connectivity index (χ1) is 13.9. The molecule has 154 valence electrons. The van der Waals surface area contributed by atoms with E-state index in [-0.39, 0.29) is 19.0 Å². The second kappa shape index (κ2) is 8.79. The van der Waals surface area contributed by atoms with Crippen molar-refractivity contribution in [2.24, 2.45) is 0 Å². The van der Waals surface area contributed by atoms with E-state index >= 15 is 0 Å². The molecule has 0 bridgehead atoms. The van der Waals surface area contributed by atoms with Crippen LogP contribution in [0.25, 0.3) is 33.4 Å². The minimum Gasteiger partial charge on any atom is -0.462 e. The van der Waals surface area contributed by atoms with Crippen LogP contribution in [0.3, 0.4) is 0 Å². The van der Waals surface area contributed by atoms with Gasteiger partial charge < -0.3 is 14.9 Å². The van der Waals surface area contributed by atoms with Gasteiger partial charge in [-0.05, 0) is 74.7 Å². The van der Waals surface area contributed by atoms with Gasteiger partial charge in [0.15, 0.2) is 11.3 Å². The van der Waals surface area contributed by atoms with Crippen molar-refractivity contribution >= 4 is 66.9 Å². The standard InChI is InChI=1S/C22H16Br2N2O3.ClH/c1-2-28-22(27)12-6-4-3-5-11(12)17-13-7-9-15(25)18(23)20(13)29-21-14(17)8-10-16(26)19(21)24;/h3-10,25H,2,26H2,1H3;1H. The van der Waals surface area contributed by atoms with Gasteiger partial charge in [0.25, 0.3) is 0 Å². The van der Waals surface area contributed by atoms with Crippen LogP contribution in [0.4, 0.5) is 5.69 Å². The van der Waals surface area contributed by atoms with Crippen molar-refractivity contribution in [2.75, 3.05) is 12.3 Å². The van der Waals surface area contributed by atoms with Crippen LogP contribution in [0.5, 0.6) is 0 Å². The predicted molar refractivity (Wildman–Crippen MR) is 127 cm³/mol. The number of carbonyl (C=O) groups is 1. The van der Waals surface area contributed by atoms with Crippen LogP contribution in [0.1, 0.15) is 17.3 Å². The number of ether oxygens (including phenoxy) is 1. The summed E-state index contributed by atoms with van der Waals surface area (Å²) in [5, 5.41) is 9.22. The molecular weight excluding hydrogens is 536 g/mol. The molecule has 0 spiro atoms. The monoisotopic (exact) mass is 550 g/mol. The van der Waals surface area contributed by atoms with Crippen LogP contribution < -0.4 is 11.1 Å². The fraction of sp³-hybridized carbons (Fsp3) is 0.0909. The quantitative estimate of drug-likeness (QED) is 0.175. The molecular formula is C22H17Br2ClN2O3. The van der Waals surface area contributed by atoms with Crippen molar-refractivity contribution < 1.29 is 13.9 Å². The smallest absolute Gasteiger partial charge is 0.338 e. The van der Waals surface area contributed by atoms with Gasteiger partial charge in [-0.2, -0.15) is 0 Å². The highest BCUT2D eigenvalue weighted by Crippen LogP contribution is 2.45. The molecule has 0 saturated carbocycles. The minimum absolute atomic E-state index is 0. The van der Waals surface area contributed by atoms with Crippen molar-refractivity contribution in [3.63, 3.8) is 0 Å². The van der Waals surface area contributed by atoms with Crippen LogP contribution in [0.2, 0.25) is 0 Å². The maximum absolute atomic E-state index is 12.6. The largest absolute Gasteiger partial charge is 0.462 e. The number of nitrogens with one attached hydrogen (secondary N) is 1. The summed E-state index contributed by atoms with van der Waals surface area (Å²) in [5.74, 6) is 0.112. The maximum Gasteiger partial charge on any atom is 0.338 e. The highest BCUT2D eigenvalue weighted by molar-refractivity contribution is 9.11. The highest BCUT2D eigenvalue weighted by Gasteiger charge is 2.24. The average Bonchev–Trinajstić information content (AvgIpc) is 2.72. The van der Waals surface area contributed by atoms with E-state index in [0.717, 1.165) is 22.1 Å². The van der Waals surface area contributed by atoms with Crippen LogP contribution >= 0.6 is 44.3 Å². The van der Waals surface area contributed by atoms with Gasteiger partial charge in [-0.15, -0.1) is 12.4 Å². The Balaban J connectivity index is 0.00000256. The second-order valence-corrected chi connectivity index (χ2v) is 7.98. The Morgan fingerprint density at radius 1 is 1.07 bits per heavy atom. The molecule has 8 heteroatoms. The van der Waals surface area contributed by atoms with Crippen LogP contribution in [0.15, 0.2) is 61.9 Å². The molecule has 0 saturated heterocycles. The lowest BCUT2D eigenvalue weighted by atomic mass is 9.90. The third kappa shape index (κ3) is 3.62. The number of hydrogen-bond acceptors (Lipinski definition) is 5. The summed E-state index contributed by atoms with van der Waals surface area (Å²) in [7, 11) is 0. The first kappa shape index (κ1) is 22.3. The fourth-order valence-corrected chi connectivity index (χ4v) is 4.20. The molecule has 0 atom stereocenters. The zero-order valence-electron chi connectivity index (χ0n) is 15.8. The zero-order chi connectivity index (χ0) is 20.7. The van der Waals surface area contributed by atoms with Crippen molar-refractivity contribution in [3.8, 4) is 22.5 Å². The van der Waals surface area contributed by atoms with E-state index in [1.54, 1.807) is 31.2 Å². The number of hydrogen-bond donors (Lipinski definition) is 2. The molecule has 0 fully saturated rings. The van der Waals surface area contributed by atoms with Gasteiger partial charge in [0.2, 0.25) is 0 Å². The van der Waals surface area contributed by atoms with E-state index in [1.807, 2.05) is 24.3 Å².